The largest absolute Gasteiger partial charge is 0.347 e. The summed E-state index contributed by atoms with van der Waals surface area (Å²) < 4.78 is 28.5. The van der Waals surface area contributed by atoms with Crippen LogP contribution in [0.5, 0.6) is 0 Å². The second-order valence-electron chi connectivity index (χ2n) is 8.34. The Balaban J connectivity index is 1.63. The lowest BCUT2D eigenvalue weighted by atomic mass is 10.1. The summed E-state index contributed by atoms with van der Waals surface area (Å²) in [5, 5.41) is 2.93. The lowest BCUT2D eigenvalue weighted by Gasteiger charge is -2.32. The van der Waals surface area contributed by atoms with Gasteiger partial charge in [-0.05, 0) is 24.2 Å². The smallest absolute Gasteiger partial charge is 0.268 e. The zero-order chi connectivity index (χ0) is 23.3. The molecule has 2 aromatic rings. The summed E-state index contributed by atoms with van der Waals surface area (Å²) >= 11 is 0. The molecule has 176 valence electrons. The monoisotopic (exact) mass is 461 g/mol. The Kier molecular flexibility index (Phi) is 8.10. The van der Waals surface area contributed by atoms with Gasteiger partial charge in [-0.1, -0.05) is 38.1 Å². The number of hydrogen-bond donors (Lipinski definition) is 1. The Bertz CT molecular complexity index is 1020. The fourth-order valence-corrected chi connectivity index (χ4v) is 5.52. The van der Waals surface area contributed by atoms with E-state index in [2.05, 4.69) is 34.3 Å². The average Bonchev–Trinajstić information content (AvgIpc) is 3.17. The SMILES string of the molecule is CCN(CC)S(=O)(=O)c1cc(C(=O)NCc2cccc(CN3CCN(C)CC3)c2)n(C)c1. The van der Waals surface area contributed by atoms with E-state index in [1.807, 2.05) is 12.1 Å². The van der Waals surface area contributed by atoms with E-state index in [0.29, 0.717) is 25.3 Å². The van der Waals surface area contributed by atoms with E-state index in [1.54, 1.807) is 25.5 Å². The molecule has 0 radical (unpaired) electrons. The second-order valence-corrected chi connectivity index (χ2v) is 10.3. The molecule has 1 fully saturated rings. The molecule has 0 atom stereocenters. The van der Waals surface area contributed by atoms with E-state index in [1.165, 1.54) is 22.1 Å². The van der Waals surface area contributed by atoms with Crippen molar-refractivity contribution < 1.29 is 13.2 Å². The molecule has 1 aromatic carbocycles. The summed E-state index contributed by atoms with van der Waals surface area (Å²) in [6, 6.07) is 9.71. The quantitative estimate of drug-likeness (QED) is 0.616. The highest BCUT2D eigenvalue weighted by Crippen LogP contribution is 2.18. The lowest BCUT2D eigenvalue weighted by molar-refractivity contribution is 0.0942. The van der Waals surface area contributed by atoms with Gasteiger partial charge in [0.15, 0.2) is 0 Å². The van der Waals surface area contributed by atoms with Crippen molar-refractivity contribution in [3.8, 4) is 0 Å². The number of rotatable bonds is 9. The number of likely N-dealkylation sites (N-methyl/N-ethyl adjacent to an activating group) is 1. The Hall–Kier alpha value is -2.20. The van der Waals surface area contributed by atoms with Crippen LogP contribution < -0.4 is 5.32 Å². The molecule has 1 aromatic heterocycles. The molecule has 2 heterocycles. The van der Waals surface area contributed by atoms with Gasteiger partial charge < -0.3 is 14.8 Å². The van der Waals surface area contributed by atoms with Gasteiger partial charge in [0.2, 0.25) is 10.0 Å². The maximum absolute atomic E-state index is 12.8. The molecule has 1 saturated heterocycles. The molecular weight excluding hydrogens is 426 g/mol. The topological polar surface area (TPSA) is 77.9 Å². The third-order valence-corrected chi connectivity index (χ3v) is 8.02. The van der Waals surface area contributed by atoms with Crippen LogP contribution in [0.15, 0.2) is 41.4 Å². The molecule has 1 N–H and O–H groups in total. The van der Waals surface area contributed by atoms with Crippen molar-refractivity contribution in [2.24, 2.45) is 7.05 Å². The van der Waals surface area contributed by atoms with Crippen LogP contribution in [-0.2, 0) is 30.2 Å². The van der Waals surface area contributed by atoms with E-state index in [-0.39, 0.29) is 10.8 Å². The van der Waals surface area contributed by atoms with Gasteiger partial charge in [-0.25, -0.2) is 8.42 Å². The van der Waals surface area contributed by atoms with Crippen LogP contribution in [0.2, 0.25) is 0 Å². The molecule has 1 amide bonds. The highest BCUT2D eigenvalue weighted by atomic mass is 32.2. The number of carbonyl (C=O) groups excluding carboxylic acids is 1. The van der Waals surface area contributed by atoms with Crippen LogP contribution in [0, 0.1) is 0 Å². The molecule has 1 aliphatic heterocycles. The molecule has 32 heavy (non-hydrogen) atoms. The number of nitrogens with zero attached hydrogens (tertiary/aromatic N) is 4. The van der Waals surface area contributed by atoms with Gasteiger partial charge in [-0.15, -0.1) is 0 Å². The molecule has 0 unspecified atom stereocenters. The van der Waals surface area contributed by atoms with Crippen LogP contribution in [-0.4, -0.2) is 79.3 Å². The molecular formula is C23H35N5O3S. The molecule has 0 spiro atoms. The van der Waals surface area contributed by atoms with E-state index < -0.39 is 10.0 Å². The molecule has 8 nitrogen and oxygen atoms in total. The first-order valence-corrected chi connectivity index (χ1v) is 12.6. The van der Waals surface area contributed by atoms with Gasteiger partial charge in [0.25, 0.3) is 5.91 Å². The fraction of sp³-hybridized carbons (Fsp3) is 0.522. The zero-order valence-corrected chi connectivity index (χ0v) is 20.4. The standard InChI is InChI=1S/C23H35N5O3S/c1-5-28(6-2)32(30,31)21-15-22(26(4)18-21)23(29)24-16-19-8-7-9-20(14-19)17-27-12-10-25(3)11-13-27/h7-9,14-15,18H,5-6,10-13,16-17H2,1-4H3,(H,24,29). The van der Waals surface area contributed by atoms with Gasteiger partial charge >= 0.3 is 0 Å². The minimum absolute atomic E-state index is 0.142. The third kappa shape index (κ3) is 5.78. The number of carbonyl (C=O) groups is 1. The predicted molar refractivity (Wildman–Crippen MR) is 126 cm³/mol. The van der Waals surface area contributed by atoms with Crippen molar-refractivity contribution in [2.75, 3.05) is 46.3 Å². The van der Waals surface area contributed by atoms with Crippen molar-refractivity contribution in [1.82, 2.24) is 24.0 Å². The van der Waals surface area contributed by atoms with E-state index in [9.17, 15) is 13.2 Å². The highest BCUT2D eigenvalue weighted by molar-refractivity contribution is 7.89. The number of benzene rings is 1. The number of aryl methyl sites for hydroxylation is 1. The van der Waals surface area contributed by atoms with Gasteiger partial charge in [0.05, 0.1) is 0 Å². The lowest BCUT2D eigenvalue weighted by Crippen LogP contribution is -2.43. The summed E-state index contributed by atoms with van der Waals surface area (Å²) in [6.45, 7) is 9.95. The Labute approximate surface area is 191 Å². The second kappa shape index (κ2) is 10.6. The van der Waals surface area contributed by atoms with Gasteiger partial charge in [0, 0.05) is 65.6 Å². The summed E-state index contributed by atoms with van der Waals surface area (Å²) in [5.74, 6) is -0.294. The molecule has 0 saturated carbocycles. The Morgan fingerprint density at radius 2 is 1.69 bits per heavy atom. The van der Waals surface area contributed by atoms with Crippen molar-refractivity contribution in [3.63, 3.8) is 0 Å². The maximum Gasteiger partial charge on any atom is 0.268 e. The minimum Gasteiger partial charge on any atom is -0.347 e. The highest BCUT2D eigenvalue weighted by Gasteiger charge is 2.25. The first-order chi connectivity index (χ1) is 15.2. The van der Waals surface area contributed by atoms with E-state index in [4.69, 9.17) is 0 Å². The number of hydrogen-bond acceptors (Lipinski definition) is 5. The van der Waals surface area contributed by atoms with Crippen LogP contribution in [0.25, 0.3) is 0 Å². The van der Waals surface area contributed by atoms with Gasteiger partial charge in [-0.3, -0.25) is 9.69 Å². The summed E-state index contributed by atoms with van der Waals surface area (Å²) in [4.78, 5) is 17.7. The predicted octanol–water partition coefficient (Wildman–Crippen LogP) is 1.73. The number of amides is 1. The molecule has 3 rings (SSSR count). The van der Waals surface area contributed by atoms with Crippen LogP contribution in [0.3, 0.4) is 0 Å². The van der Waals surface area contributed by atoms with Crippen LogP contribution in [0.1, 0.15) is 35.5 Å². The minimum atomic E-state index is -3.60. The maximum atomic E-state index is 12.8. The normalized spacial score (nSPS) is 15.9. The molecule has 0 bridgehead atoms. The van der Waals surface area contributed by atoms with Crippen molar-refractivity contribution in [2.45, 2.75) is 31.8 Å². The van der Waals surface area contributed by atoms with E-state index in [0.717, 1.165) is 38.3 Å². The van der Waals surface area contributed by atoms with Crippen LogP contribution in [0.4, 0.5) is 0 Å². The van der Waals surface area contributed by atoms with Crippen molar-refractivity contribution >= 4 is 15.9 Å². The van der Waals surface area contributed by atoms with Gasteiger partial charge in [0.1, 0.15) is 10.6 Å². The molecule has 9 heteroatoms. The van der Waals surface area contributed by atoms with Crippen molar-refractivity contribution in [1.29, 1.82) is 0 Å². The first-order valence-electron chi connectivity index (χ1n) is 11.2. The first kappa shape index (κ1) is 24.4. The Morgan fingerprint density at radius 1 is 1.03 bits per heavy atom. The molecule has 0 aliphatic carbocycles. The van der Waals surface area contributed by atoms with Gasteiger partial charge in [-0.2, -0.15) is 4.31 Å². The number of aromatic nitrogens is 1. The fourth-order valence-electron chi connectivity index (χ4n) is 3.99. The summed E-state index contributed by atoms with van der Waals surface area (Å²) in [6.07, 6.45) is 1.50. The van der Waals surface area contributed by atoms with Crippen molar-refractivity contribution in [3.05, 3.63) is 53.3 Å². The van der Waals surface area contributed by atoms with Crippen LogP contribution >= 0.6 is 0 Å². The number of sulfonamides is 1. The number of nitrogens with one attached hydrogen (secondary N) is 1. The number of piperazine rings is 1. The summed E-state index contributed by atoms with van der Waals surface area (Å²) in [7, 11) is 0.234. The third-order valence-electron chi connectivity index (χ3n) is 6.00. The zero-order valence-electron chi connectivity index (χ0n) is 19.5. The Morgan fingerprint density at radius 3 is 2.34 bits per heavy atom. The average molecular weight is 462 g/mol. The molecule has 1 aliphatic rings. The van der Waals surface area contributed by atoms with E-state index >= 15 is 0 Å². The summed E-state index contributed by atoms with van der Waals surface area (Å²) in [5.41, 5.74) is 2.58.